The highest BCUT2D eigenvalue weighted by Crippen LogP contribution is 2.13. The molecule has 74 valence electrons. The van der Waals surface area contributed by atoms with E-state index in [1.165, 1.54) is 0 Å². The molecule has 2 aromatic heterocycles. The quantitative estimate of drug-likeness (QED) is 0.667. The van der Waals surface area contributed by atoms with Crippen molar-refractivity contribution in [1.29, 1.82) is 0 Å². The molecule has 0 aliphatic rings. The summed E-state index contributed by atoms with van der Waals surface area (Å²) < 4.78 is 0. The molecule has 6 heteroatoms. The van der Waals surface area contributed by atoms with Gasteiger partial charge >= 0.3 is 0 Å². The molecule has 2 aromatic rings. The van der Waals surface area contributed by atoms with Crippen LogP contribution in [0.4, 0.5) is 5.82 Å². The smallest absolute Gasteiger partial charge is 0.199 e. The molecule has 2 heterocycles. The second kappa shape index (κ2) is 3.49. The maximum absolute atomic E-state index is 5.47. The summed E-state index contributed by atoms with van der Waals surface area (Å²) in [6.45, 7) is 2.09. The van der Waals surface area contributed by atoms with E-state index in [1.54, 1.807) is 6.07 Å². The first-order valence-corrected chi connectivity index (χ1v) is 4.52. The zero-order valence-electron chi connectivity index (χ0n) is 7.91. The van der Waals surface area contributed by atoms with Gasteiger partial charge in [-0.15, -0.1) is 0 Å². The lowest BCUT2D eigenvalue weighted by Crippen LogP contribution is -1.85. The number of anilines is 1. The molecule has 0 fully saturated rings. The van der Waals surface area contributed by atoms with Gasteiger partial charge in [0, 0.05) is 12.5 Å². The van der Waals surface area contributed by atoms with Gasteiger partial charge in [0.05, 0.1) is 0 Å². The average Bonchev–Trinajstić information content (AvgIpc) is 2.74. The Morgan fingerprint density at radius 3 is 2.86 bits per heavy atom. The fraction of sp³-hybridized carbons (Fsp3) is 0.375. The number of H-pyrrole nitrogens is 2. The summed E-state index contributed by atoms with van der Waals surface area (Å²) in [6.07, 6.45) is 1.94. The van der Waals surface area contributed by atoms with Crippen molar-refractivity contribution in [2.75, 3.05) is 5.73 Å². The number of nitrogens with zero attached hydrogens (tertiary/aromatic N) is 3. The molecule has 0 aromatic carbocycles. The van der Waals surface area contributed by atoms with E-state index in [0.29, 0.717) is 11.6 Å². The van der Waals surface area contributed by atoms with Crippen LogP contribution in [0, 0.1) is 0 Å². The van der Waals surface area contributed by atoms with Crippen LogP contribution in [0.1, 0.15) is 19.2 Å². The Morgan fingerprint density at radius 1 is 1.36 bits per heavy atom. The molecule has 4 N–H and O–H groups in total. The second-order valence-corrected chi connectivity index (χ2v) is 3.06. The third-order valence-corrected chi connectivity index (χ3v) is 1.86. The van der Waals surface area contributed by atoms with Crippen molar-refractivity contribution in [3.8, 4) is 11.5 Å². The molecule has 0 spiro atoms. The SMILES string of the molecule is CCCc1nc(-c2cc(N)n[nH]2)n[nH]1. The Morgan fingerprint density at radius 2 is 2.21 bits per heavy atom. The van der Waals surface area contributed by atoms with Crippen LogP contribution in [0.2, 0.25) is 0 Å². The Bertz CT molecular complexity index is 415. The lowest BCUT2D eigenvalue weighted by Gasteiger charge is -1.86. The minimum absolute atomic E-state index is 0.446. The van der Waals surface area contributed by atoms with Crippen LogP contribution < -0.4 is 5.73 Å². The summed E-state index contributed by atoms with van der Waals surface area (Å²) in [7, 11) is 0. The molecule has 0 saturated carbocycles. The van der Waals surface area contributed by atoms with Gasteiger partial charge < -0.3 is 5.73 Å². The largest absolute Gasteiger partial charge is 0.382 e. The molecule has 0 bridgehead atoms. The first-order chi connectivity index (χ1) is 6.79. The molecular formula is C8H12N6. The predicted octanol–water partition coefficient (Wildman–Crippen LogP) is 0.730. The Kier molecular flexibility index (Phi) is 2.18. The molecule has 0 aliphatic carbocycles. The number of rotatable bonds is 3. The first-order valence-electron chi connectivity index (χ1n) is 4.52. The summed E-state index contributed by atoms with van der Waals surface area (Å²) in [6, 6.07) is 1.71. The van der Waals surface area contributed by atoms with E-state index in [1.807, 2.05) is 0 Å². The Balaban J connectivity index is 2.24. The van der Waals surface area contributed by atoms with E-state index >= 15 is 0 Å². The molecule has 2 rings (SSSR count). The van der Waals surface area contributed by atoms with Gasteiger partial charge in [0.25, 0.3) is 0 Å². The molecule has 0 saturated heterocycles. The second-order valence-electron chi connectivity index (χ2n) is 3.06. The highest BCUT2D eigenvalue weighted by molar-refractivity contribution is 5.53. The van der Waals surface area contributed by atoms with Crippen LogP contribution in [0.5, 0.6) is 0 Å². The van der Waals surface area contributed by atoms with Crippen LogP contribution in [0.3, 0.4) is 0 Å². The van der Waals surface area contributed by atoms with Crippen molar-refractivity contribution in [2.24, 2.45) is 0 Å². The molecular weight excluding hydrogens is 180 g/mol. The lowest BCUT2D eigenvalue weighted by atomic mass is 10.3. The van der Waals surface area contributed by atoms with Gasteiger partial charge in [-0.1, -0.05) is 6.92 Å². The standard InChI is InChI=1S/C8H12N6/c1-2-3-7-10-8(14-13-7)5-4-6(9)12-11-5/h4H,2-3H2,1H3,(H3,9,11,12)(H,10,13,14). The van der Waals surface area contributed by atoms with Crippen molar-refractivity contribution < 1.29 is 0 Å². The monoisotopic (exact) mass is 192 g/mol. The topological polar surface area (TPSA) is 96.3 Å². The Labute approximate surface area is 80.9 Å². The van der Waals surface area contributed by atoms with E-state index in [4.69, 9.17) is 5.73 Å². The van der Waals surface area contributed by atoms with E-state index < -0.39 is 0 Å². The van der Waals surface area contributed by atoms with Crippen LogP contribution in [-0.4, -0.2) is 25.4 Å². The minimum atomic E-state index is 0.446. The van der Waals surface area contributed by atoms with Crippen molar-refractivity contribution in [2.45, 2.75) is 19.8 Å². The molecule has 0 atom stereocenters. The number of hydrogen-bond acceptors (Lipinski definition) is 4. The lowest BCUT2D eigenvalue weighted by molar-refractivity contribution is 0.841. The third kappa shape index (κ3) is 1.59. The van der Waals surface area contributed by atoms with Gasteiger partial charge in [-0.25, -0.2) is 4.98 Å². The maximum atomic E-state index is 5.47. The molecule has 6 nitrogen and oxygen atoms in total. The summed E-state index contributed by atoms with van der Waals surface area (Å²) in [5.74, 6) is 1.94. The third-order valence-electron chi connectivity index (χ3n) is 1.86. The summed E-state index contributed by atoms with van der Waals surface area (Å²) in [4.78, 5) is 4.29. The predicted molar refractivity (Wildman–Crippen MR) is 52.4 cm³/mol. The first kappa shape index (κ1) is 8.74. The summed E-state index contributed by atoms with van der Waals surface area (Å²) >= 11 is 0. The number of hydrogen-bond donors (Lipinski definition) is 3. The van der Waals surface area contributed by atoms with Crippen molar-refractivity contribution in [1.82, 2.24) is 25.4 Å². The van der Waals surface area contributed by atoms with E-state index in [0.717, 1.165) is 24.4 Å². The average molecular weight is 192 g/mol. The fourth-order valence-electron chi connectivity index (χ4n) is 1.22. The number of aromatic nitrogens is 5. The van der Waals surface area contributed by atoms with Gasteiger partial charge in [-0.05, 0) is 6.42 Å². The molecule has 0 radical (unpaired) electrons. The maximum Gasteiger partial charge on any atom is 0.199 e. The van der Waals surface area contributed by atoms with Crippen molar-refractivity contribution in [3.05, 3.63) is 11.9 Å². The van der Waals surface area contributed by atoms with Gasteiger partial charge in [0.15, 0.2) is 5.82 Å². The zero-order valence-corrected chi connectivity index (χ0v) is 7.91. The molecule has 0 unspecified atom stereocenters. The number of aryl methyl sites for hydroxylation is 1. The zero-order chi connectivity index (χ0) is 9.97. The fourth-order valence-corrected chi connectivity index (χ4v) is 1.22. The van der Waals surface area contributed by atoms with Crippen LogP contribution in [0.15, 0.2) is 6.07 Å². The van der Waals surface area contributed by atoms with Gasteiger partial charge in [-0.3, -0.25) is 10.2 Å². The summed E-state index contributed by atoms with van der Waals surface area (Å²) in [5.41, 5.74) is 6.21. The molecule has 0 amide bonds. The summed E-state index contributed by atoms with van der Waals surface area (Å²) in [5, 5.41) is 13.5. The van der Waals surface area contributed by atoms with Crippen molar-refractivity contribution in [3.63, 3.8) is 0 Å². The number of aromatic amines is 2. The van der Waals surface area contributed by atoms with Crippen LogP contribution >= 0.6 is 0 Å². The minimum Gasteiger partial charge on any atom is -0.382 e. The van der Waals surface area contributed by atoms with E-state index in [2.05, 4.69) is 32.3 Å². The number of nitrogens with one attached hydrogen (secondary N) is 2. The van der Waals surface area contributed by atoms with E-state index in [-0.39, 0.29) is 0 Å². The number of nitrogen functional groups attached to an aromatic ring is 1. The number of nitrogens with two attached hydrogens (primary N) is 1. The van der Waals surface area contributed by atoms with Crippen LogP contribution in [-0.2, 0) is 6.42 Å². The van der Waals surface area contributed by atoms with E-state index in [9.17, 15) is 0 Å². The van der Waals surface area contributed by atoms with Gasteiger partial charge in [0.1, 0.15) is 17.3 Å². The molecule has 0 aliphatic heterocycles. The molecule has 14 heavy (non-hydrogen) atoms. The Hall–Kier alpha value is -1.85. The van der Waals surface area contributed by atoms with Crippen LogP contribution in [0.25, 0.3) is 11.5 Å². The normalized spacial score (nSPS) is 10.6. The highest BCUT2D eigenvalue weighted by atomic mass is 15.2. The highest BCUT2D eigenvalue weighted by Gasteiger charge is 2.07. The van der Waals surface area contributed by atoms with Gasteiger partial charge in [-0.2, -0.15) is 10.2 Å². The van der Waals surface area contributed by atoms with Crippen molar-refractivity contribution >= 4 is 5.82 Å². The van der Waals surface area contributed by atoms with Gasteiger partial charge in [0.2, 0.25) is 0 Å².